The van der Waals surface area contributed by atoms with E-state index in [1.54, 1.807) is 18.2 Å². The van der Waals surface area contributed by atoms with E-state index in [0.717, 1.165) is 27.8 Å². The molecular weight excluding hydrogens is 581 g/mol. The molecule has 1 atom stereocenters. The van der Waals surface area contributed by atoms with E-state index in [2.05, 4.69) is 10.0 Å². The first kappa shape index (κ1) is 32.0. The Morgan fingerprint density at radius 2 is 1.49 bits per heavy atom. The second kappa shape index (κ2) is 15.0. The Kier molecular flexibility index (Phi) is 11.2. The first-order chi connectivity index (χ1) is 20.7. The SMILES string of the molecule is CSCC[C@H](NC(=O)c1ccc(COCc2ccccc2)cc1-c1ccccc1C)C(=O)NS(=O)(=O)c1ccc(C)cc1. The van der Waals surface area contributed by atoms with E-state index in [1.165, 1.54) is 23.9 Å². The molecule has 0 spiro atoms. The molecule has 0 heterocycles. The maximum atomic E-state index is 13.7. The maximum absolute atomic E-state index is 13.7. The van der Waals surface area contributed by atoms with E-state index >= 15 is 0 Å². The van der Waals surface area contributed by atoms with Crippen molar-refractivity contribution < 1.29 is 22.7 Å². The summed E-state index contributed by atoms with van der Waals surface area (Å²) in [6, 6.07) is 28.3. The smallest absolute Gasteiger partial charge is 0.264 e. The van der Waals surface area contributed by atoms with Crippen molar-refractivity contribution in [1.82, 2.24) is 10.0 Å². The molecule has 4 aromatic rings. The van der Waals surface area contributed by atoms with Gasteiger partial charge < -0.3 is 10.1 Å². The quantitative estimate of drug-likeness (QED) is 0.190. The second-order valence-corrected chi connectivity index (χ2v) is 12.9. The summed E-state index contributed by atoms with van der Waals surface area (Å²) in [6.07, 6.45) is 2.14. The van der Waals surface area contributed by atoms with Gasteiger partial charge in [-0.05, 0) is 84.4 Å². The van der Waals surface area contributed by atoms with E-state index in [4.69, 9.17) is 4.74 Å². The van der Waals surface area contributed by atoms with Gasteiger partial charge in [0.15, 0.2) is 0 Å². The fourth-order valence-corrected chi connectivity index (χ4v) is 6.05. The molecule has 0 bridgehead atoms. The third kappa shape index (κ3) is 8.79. The second-order valence-electron chi connectivity index (χ2n) is 10.3. The molecule has 9 heteroatoms. The van der Waals surface area contributed by atoms with Gasteiger partial charge in [-0.15, -0.1) is 0 Å². The van der Waals surface area contributed by atoms with Crippen molar-refractivity contribution in [1.29, 1.82) is 0 Å². The zero-order chi connectivity index (χ0) is 30.8. The highest BCUT2D eigenvalue weighted by molar-refractivity contribution is 7.98. The highest BCUT2D eigenvalue weighted by Crippen LogP contribution is 2.29. The van der Waals surface area contributed by atoms with Gasteiger partial charge in [0.1, 0.15) is 6.04 Å². The Balaban J connectivity index is 1.57. The number of nitrogens with one attached hydrogen (secondary N) is 2. The first-order valence-electron chi connectivity index (χ1n) is 13.9. The molecule has 2 amide bonds. The van der Waals surface area contributed by atoms with Gasteiger partial charge in [0.2, 0.25) is 0 Å². The molecule has 0 fully saturated rings. The lowest BCUT2D eigenvalue weighted by Gasteiger charge is -2.20. The molecule has 0 aliphatic carbocycles. The van der Waals surface area contributed by atoms with Crippen LogP contribution in [0.3, 0.4) is 0 Å². The van der Waals surface area contributed by atoms with Crippen LogP contribution in [0.4, 0.5) is 0 Å². The van der Waals surface area contributed by atoms with Crippen molar-refractivity contribution in [3.8, 4) is 11.1 Å². The summed E-state index contributed by atoms with van der Waals surface area (Å²) in [5.41, 5.74) is 5.80. The summed E-state index contributed by atoms with van der Waals surface area (Å²) < 4.78 is 33.9. The number of amides is 2. The number of hydrogen-bond donors (Lipinski definition) is 2. The Morgan fingerprint density at radius 1 is 0.814 bits per heavy atom. The summed E-state index contributed by atoms with van der Waals surface area (Å²) in [6.45, 7) is 4.63. The zero-order valence-corrected chi connectivity index (χ0v) is 26.1. The van der Waals surface area contributed by atoms with Crippen LogP contribution in [0, 0.1) is 13.8 Å². The maximum Gasteiger partial charge on any atom is 0.264 e. The van der Waals surface area contributed by atoms with Crippen molar-refractivity contribution in [2.45, 2.75) is 44.4 Å². The topological polar surface area (TPSA) is 102 Å². The van der Waals surface area contributed by atoms with Crippen molar-refractivity contribution in [2.24, 2.45) is 0 Å². The fraction of sp³-hybridized carbons (Fsp3) is 0.235. The van der Waals surface area contributed by atoms with Crippen LogP contribution in [0.2, 0.25) is 0 Å². The van der Waals surface area contributed by atoms with Gasteiger partial charge in [0.05, 0.1) is 18.1 Å². The molecule has 43 heavy (non-hydrogen) atoms. The van der Waals surface area contributed by atoms with E-state index in [0.29, 0.717) is 30.1 Å². The van der Waals surface area contributed by atoms with Crippen LogP contribution in [-0.4, -0.2) is 38.3 Å². The Hall–Kier alpha value is -3.92. The number of thioether (sulfide) groups is 1. The molecule has 0 saturated carbocycles. The Bertz CT molecular complexity index is 1660. The normalized spacial score (nSPS) is 12.0. The van der Waals surface area contributed by atoms with Crippen LogP contribution in [0.15, 0.2) is 102 Å². The van der Waals surface area contributed by atoms with Crippen molar-refractivity contribution in [3.63, 3.8) is 0 Å². The minimum Gasteiger partial charge on any atom is -0.372 e. The number of sulfonamides is 1. The van der Waals surface area contributed by atoms with Crippen molar-refractivity contribution in [2.75, 3.05) is 12.0 Å². The van der Waals surface area contributed by atoms with E-state index in [-0.39, 0.29) is 11.3 Å². The molecule has 0 unspecified atom stereocenters. The van der Waals surface area contributed by atoms with E-state index < -0.39 is 27.9 Å². The lowest BCUT2D eigenvalue weighted by atomic mass is 9.93. The number of carbonyl (C=O) groups is 2. The van der Waals surface area contributed by atoms with Gasteiger partial charge in [0, 0.05) is 5.56 Å². The predicted molar refractivity (Wildman–Crippen MR) is 172 cm³/mol. The molecule has 0 aliphatic rings. The molecule has 0 aliphatic heterocycles. The predicted octanol–water partition coefficient (Wildman–Crippen LogP) is 6.04. The average molecular weight is 617 g/mol. The van der Waals surface area contributed by atoms with Crippen LogP contribution >= 0.6 is 11.8 Å². The Labute approximate surface area is 258 Å². The summed E-state index contributed by atoms with van der Waals surface area (Å²) in [7, 11) is -4.11. The molecule has 4 rings (SSSR count). The van der Waals surface area contributed by atoms with Gasteiger partial charge in [-0.2, -0.15) is 11.8 Å². The molecule has 7 nitrogen and oxygen atoms in total. The largest absolute Gasteiger partial charge is 0.372 e. The average Bonchev–Trinajstić information content (AvgIpc) is 3.00. The zero-order valence-electron chi connectivity index (χ0n) is 24.5. The van der Waals surface area contributed by atoms with Crippen LogP contribution < -0.4 is 10.0 Å². The van der Waals surface area contributed by atoms with Crippen molar-refractivity contribution in [3.05, 3.63) is 125 Å². The lowest BCUT2D eigenvalue weighted by molar-refractivity contribution is -0.121. The monoisotopic (exact) mass is 616 g/mol. The number of aryl methyl sites for hydroxylation is 2. The number of hydrogen-bond acceptors (Lipinski definition) is 6. The molecule has 0 radical (unpaired) electrons. The number of ether oxygens (including phenoxy) is 1. The molecule has 2 N–H and O–H groups in total. The summed E-state index contributed by atoms with van der Waals surface area (Å²) >= 11 is 1.50. The Morgan fingerprint density at radius 3 is 2.19 bits per heavy atom. The first-order valence-corrected chi connectivity index (χ1v) is 16.8. The molecule has 224 valence electrons. The summed E-state index contributed by atoms with van der Waals surface area (Å²) in [4.78, 5) is 27.0. The van der Waals surface area contributed by atoms with Crippen LogP contribution in [-0.2, 0) is 32.8 Å². The molecule has 4 aromatic carbocycles. The third-order valence-electron chi connectivity index (χ3n) is 6.94. The minimum atomic E-state index is -4.11. The highest BCUT2D eigenvalue weighted by Gasteiger charge is 2.27. The van der Waals surface area contributed by atoms with Crippen LogP contribution in [0.1, 0.15) is 39.0 Å². The molecular formula is C34H36N2O5S2. The highest BCUT2D eigenvalue weighted by atomic mass is 32.2. The van der Waals surface area contributed by atoms with Gasteiger partial charge in [-0.25, -0.2) is 13.1 Å². The van der Waals surface area contributed by atoms with Gasteiger partial charge in [-0.1, -0.05) is 78.4 Å². The number of benzene rings is 4. The summed E-state index contributed by atoms with van der Waals surface area (Å²) in [5.74, 6) is -0.707. The number of carbonyl (C=O) groups excluding carboxylic acids is 2. The fourth-order valence-electron chi connectivity index (χ4n) is 4.56. The van der Waals surface area contributed by atoms with Gasteiger partial charge in [0.25, 0.3) is 21.8 Å². The van der Waals surface area contributed by atoms with Gasteiger partial charge in [-0.3, -0.25) is 9.59 Å². The third-order valence-corrected chi connectivity index (χ3v) is 8.95. The van der Waals surface area contributed by atoms with Gasteiger partial charge >= 0.3 is 0 Å². The van der Waals surface area contributed by atoms with Crippen LogP contribution in [0.25, 0.3) is 11.1 Å². The van der Waals surface area contributed by atoms with E-state index in [9.17, 15) is 18.0 Å². The van der Waals surface area contributed by atoms with Crippen LogP contribution in [0.5, 0.6) is 0 Å². The molecule has 0 saturated heterocycles. The van der Waals surface area contributed by atoms with Crippen molar-refractivity contribution >= 4 is 33.6 Å². The summed E-state index contributed by atoms with van der Waals surface area (Å²) in [5, 5.41) is 2.80. The standard InChI is InChI=1S/C34H36N2O5S2/c1-24-13-16-28(17-14-24)43(39,40)36-34(38)32(19-20-42-3)35-33(37)30-18-15-27(23-41-22-26-10-5-4-6-11-26)21-31(30)29-12-8-7-9-25(29)2/h4-18,21,32H,19-20,22-23H2,1-3H3,(H,35,37)(H,36,38)/t32-/m0/s1. The minimum absolute atomic E-state index is 0.0201. The van der Waals surface area contributed by atoms with E-state index in [1.807, 2.05) is 86.8 Å². The molecule has 0 aromatic heterocycles. The lowest BCUT2D eigenvalue weighted by Crippen LogP contribution is -2.48. The number of rotatable bonds is 13.